The minimum atomic E-state index is -2.62. The van der Waals surface area contributed by atoms with Crippen LogP contribution in [0.4, 0.5) is 11.5 Å². The molecular weight excluding hydrogens is 180 g/mol. The first-order chi connectivity index (χ1) is 5.54. The van der Waals surface area contributed by atoms with Crippen molar-refractivity contribution in [2.45, 2.75) is 0 Å². The Morgan fingerprint density at radius 1 is 1.33 bits per heavy atom. The second kappa shape index (κ2) is 5.33. The van der Waals surface area contributed by atoms with Crippen LogP contribution in [0.2, 0.25) is 0 Å². The molecule has 0 aliphatic heterocycles. The summed E-state index contributed by atoms with van der Waals surface area (Å²) in [5.41, 5.74) is 11.2. The fourth-order valence-electron chi connectivity index (χ4n) is 0.430. The molecule has 68 valence electrons. The maximum atomic E-state index is 8.81. The fraction of sp³-hybridized carbons (Fsp3) is 0. The lowest BCUT2D eigenvalue weighted by Crippen LogP contribution is -1.95. The molecule has 0 radical (unpaired) electrons. The van der Waals surface area contributed by atoms with Crippen molar-refractivity contribution < 1.29 is 8.42 Å². The van der Waals surface area contributed by atoms with E-state index in [0.29, 0.717) is 11.5 Å². The molecule has 0 aromatic carbocycles. The summed E-state index contributed by atoms with van der Waals surface area (Å²) in [5, 5.41) is 4.06. The Hall–Kier alpha value is -1.34. The lowest BCUT2D eigenvalue weighted by molar-refractivity contribution is 0.616. The van der Waals surface area contributed by atoms with Crippen LogP contribution >= 0.6 is 0 Å². The van der Waals surface area contributed by atoms with Crippen LogP contribution in [-0.4, -0.2) is 13.4 Å². The van der Waals surface area contributed by atoms with Crippen molar-refractivity contribution in [3.8, 4) is 0 Å². The Morgan fingerprint density at radius 2 is 1.83 bits per heavy atom. The van der Waals surface area contributed by atoms with E-state index in [0.717, 1.165) is 0 Å². The first kappa shape index (κ1) is 10.7. The second-order valence-electron chi connectivity index (χ2n) is 1.76. The Bertz CT molecular complexity index is 283. The van der Waals surface area contributed by atoms with E-state index >= 15 is 0 Å². The Balaban J connectivity index is 0.000000261. The van der Waals surface area contributed by atoms with Gasteiger partial charge in [-0.2, -0.15) is 0 Å². The molecule has 0 spiro atoms. The van der Waals surface area contributed by atoms with Crippen LogP contribution in [-0.2, 0) is 10.9 Å². The Labute approximate surface area is 71.5 Å². The van der Waals surface area contributed by atoms with Gasteiger partial charge in [0, 0.05) is 6.20 Å². The highest BCUT2D eigenvalue weighted by atomic mass is 32.2. The van der Waals surface area contributed by atoms with Crippen LogP contribution in [0, 0.1) is 0 Å². The lowest BCUT2D eigenvalue weighted by atomic mass is 10.4. The monoisotopic (exact) mass is 190 g/mol. The number of aromatic nitrogens is 1. The highest BCUT2D eigenvalue weighted by Gasteiger charge is 1.87. The maximum absolute atomic E-state index is 8.81. The van der Waals surface area contributed by atoms with Gasteiger partial charge in [-0.05, 0) is 12.1 Å². The number of nitrogen functional groups attached to an aromatic ring is 2. The van der Waals surface area contributed by atoms with Crippen molar-refractivity contribution in [3.05, 3.63) is 18.3 Å². The van der Waals surface area contributed by atoms with Crippen molar-refractivity contribution in [2.24, 2.45) is 5.14 Å². The van der Waals surface area contributed by atoms with Crippen molar-refractivity contribution in [1.29, 1.82) is 0 Å². The summed E-state index contributed by atoms with van der Waals surface area (Å²) in [4.78, 5) is 3.73. The van der Waals surface area contributed by atoms with E-state index in [1.54, 1.807) is 18.3 Å². The number of nitrogens with two attached hydrogens (primary N) is 3. The molecule has 1 heterocycles. The van der Waals surface area contributed by atoms with Crippen LogP contribution in [0.3, 0.4) is 0 Å². The van der Waals surface area contributed by atoms with E-state index in [4.69, 9.17) is 19.9 Å². The molecule has 0 saturated heterocycles. The van der Waals surface area contributed by atoms with Crippen LogP contribution in [0.5, 0.6) is 0 Å². The molecule has 0 bridgehead atoms. The molecule has 7 heteroatoms. The highest BCUT2D eigenvalue weighted by molar-refractivity contribution is 7.69. The van der Waals surface area contributed by atoms with E-state index in [9.17, 15) is 0 Å². The molecule has 0 saturated carbocycles. The van der Waals surface area contributed by atoms with Gasteiger partial charge < -0.3 is 11.5 Å². The van der Waals surface area contributed by atoms with Crippen molar-refractivity contribution in [3.63, 3.8) is 0 Å². The molecule has 0 atom stereocenters. The second-order valence-corrected chi connectivity index (χ2v) is 2.33. The molecule has 12 heavy (non-hydrogen) atoms. The first-order valence-corrected chi connectivity index (χ1v) is 4.13. The van der Waals surface area contributed by atoms with Gasteiger partial charge in [-0.3, -0.25) is 0 Å². The van der Waals surface area contributed by atoms with E-state index in [1.807, 2.05) is 0 Å². The molecule has 6 N–H and O–H groups in total. The zero-order valence-corrected chi connectivity index (χ0v) is 7.07. The van der Waals surface area contributed by atoms with E-state index in [1.165, 1.54) is 0 Å². The number of anilines is 2. The number of nitrogens with zero attached hydrogens (tertiary/aromatic N) is 1. The predicted molar refractivity (Wildman–Crippen MR) is 47.6 cm³/mol. The molecular formula is C5H10N4O2S. The maximum Gasteiger partial charge on any atom is 0.198 e. The van der Waals surface area contributed by atoms with Crippen LogP contribution in [0.25, 0.3) is 0 Å². The quantitative estimate of drug-likeness (QED) is 0.379. The summed E-state index contributed by atoms with van der Waals surface area (Å²) in [6.45, 7) is 0. The third-order valence-electron chi connectivity index (χ3n) is 0.871. The van der Waals surface area contributed by atoms with Gasteiger partial charge in [0.05, 0.1) is 5.69 Å². The first-order valence-electron chi connectivity index (χ1n) is 2.89. The Kier molecular flexibility index (Phi) is 4.73. The van der Waals surface area contributed by atoms with Crippen LogP contribution in [0.1, 0.15) is 0 Å². The van der Waals surface area contributed by atoms with Gasteiger partial charge >= 0.3 is 0 Å². The van der Waals surface area contributed by atoms with E-state index in [2.05, 4.69) is 10.1 Å². The lowest BCUT2D eigenvalue weighted by Gasteiger charge is -1.92. The number of pyridine rings is 1. The molecule has 0 fully saturated rings. The highest BCUT2D eigenvalue weighted by Crippen LogP contribution is 2.06. The average Bonchev–Trinajstić information content (AvgIpc) is 1.94. The minimum Gasteiger partial charge on any atom is -0.396 e. The molecule has 0 amide bonds. The molecule has 0 aliphatic carbocycles. The molecule has 6 nitrogen and oxygen atoms in total. The number of rotatable bonds is 0. The van der Waals surface area contributed by atoms with Crippen LogP contribution in [0.15, 0.2) is 18.3 Å². The third kappa shape index (κ3) is 5.45. The Morgan fingerprint density at radius 3 is 2.08 bits per heavy atom. The summed E-state index contributed by atoms with van der Waals surface area (Å²) < 4.78 is 17.6. The van der Waals surface area contributed by atoms with E-state index < -0.39 is 10.9 Å². The van der Waals surface area contributed by atoms with Crippen molar-refractivity contribution >= 4 is 22.4 Å². The summed E-state index contributed by atoms with van der Waals surface area (Å²) in [6, 6.07) is 3.45. The summed E-state index contributed by atoms with van der Waals surface area (Å²) >= 11 is 0. The summed E-state index contributed by atoms with van der Waals surface area (Å²) in [7, 11) is -2.62. The number of hydrogen-bond acceptors (Lipinski definition) is 5. The van der Waals surface area contributed by atoms with E-state index in [-0.39, 0.29) is 0 Å². The fourth-order valence-corrected chi connectivity index (χ4v) is 0.430. The average molecular weight is 190 g/mol. The van der Waals surface area contributed by atoms with Gasteiger partial charge in [0.2, 0.25) is 0 Å². The molecule has 1 aromatic rings. The van der Waals surface area contributed by atoms with Gasteiger partial charge in [-0.1, -0.05) is 0 Å². The summed E-state index contributed by atoms with van der Waals surface area (Å²) in [5.74, 6) is 0.396. The third-order valence-corrected chi connectivity index (χ3v) is 0.871. The number of thiol groups is 1. The van der Waals surface area contributed by atoms with Crippen molar-refractivity contribution in [2.75, 3.05) is 11.5 Å². The van der Waals surface area contributed by atoms with Gasteiger partial charge in [-0.15, -0.1) is 0 Å². The van der Waals surface area contributed by atoms with Gasteiger partial charge in [0.25, 0.3) is 0 Å². The van der Waals surface area contributed by atoms with Crippen LogP contribution < -0.4 is 16.6 Å². The van der Waals surface area contributed by atoms with Crippen molar-refractivity contribution in [1.82, 2.24) is 4.98 Å². The largest absolute Gasteiger partial charge is 0.396 e. The normalized spacial score (nSPS) is 8.83. The topological polar surface area (TPSA) is 125 Å². The zero-order valence-electron chi connectivity index (χ0n) is 6.18. The van der Waals surface area contributed by atoms with Gasteiger partial charge in [-0.25, -0.2) is 18.5 Å². The predicted octanol–water partition coefficient (Wildman–Crippen LogP) is -1.28. The minimum absolute atomic E-state index is 0.396. The van der Waals surface area contributed by atoms with Gasteiger partial charge in [0.1, 0.15) is 5.82 Å². The SMILES string of the molecule is N[SH](=O)=O.Nc1cccnc1N. The molecule has 0 unspecified atom stereocenters. The zero-order chi connectivity index (χ0) is 9.56. The molecule has 1 aromatic heterocycles. The standard InChI is InChI=1S/C5H7N3.H3NO2S/c6-4-2-1-3-8-5(4)7;1-4(2)3/h1-3H,6H2,(H2,7,8);4H,(H2,1,2,3). The van der Waals surface area contributed by atoms with Gasteiger partial charge in [0.15, 0.2) is 10.9 Å². The number of hydrogen-bond donors (Lipinski definition) is 4. The summed E-state index contributed by atoms with van der Waals surface area (Å²) in [6.07, 6.45) is 1.60. The smallest absolute Gasteiger partial charge is 0.198 e. The molecule has 0 aliphatic rings. The molecule has 1 rings (SSSR count).